The highest BCUT2D eigenvalue weighted by Gasteiger charge is 2.18. The lowest BCUT2D eigenvalue weighted by Gasteiger charge is -2.19. The highest BCUT2D eigenvalue weighted by atomic mass is 15.0. The van der Waals surface area contributed by atoms with Crippen molar-refractivity contribution in [2.45, 2.75) is 0 Å². The molecule has 9 aromatic rings. The van der Waals surface area contributed by atoms with Crippen LogP contribution in [-0.2, 0) is 0 Å². The summed E-state index contributed by atoms with van der Waals surface area (Å²) in [5.74, 6) is 0.636. The third-order valence-corrected chi connectivity index (χ3v) is 9.90. The van der Waals surface area contributed by atoms with Crippen LogP contribution in [0.1, 0.15) is 0 Å². The summed E-state index contributed by atoms with van der Waals surface area (Å²) in [6, 6.07) is 71.7. The van der Waals surface area contributed by atoms with Gasteiger partial charge in [0, 0.05) is 5.56 Å². The molecule has 8 aromatic carbocycles. The van der Waals surface area contributed by atoms with Crippen LogP contribution in [0.25, 0.3) is 89.3 Å². The molecule has 54 heavy (non-hydrogen) atoms. The molecule has 0 aliphatic rings. The smallest absolute Gasteiger partial charge is 0.162 e. The van der Waals surface area contributed by atoms with Crippen LogP contribution in [0.15, 0.2) is 213 Å². The van der Waals surface area contributed by atoms with E-state index in [-0.39, 0.29) is 0 Å². The SMILES string of the molecule is c1ccc(-c2cc(-c3ccccc3)cc(-c3ccccc3-c3ccc(-c4ncncn4)cc3-c3cc(-c4ccccc4)cc(-c4ccccc4)c3)c2)cc1. The highest BCUT2D eigenvalue weighted by Crippen LogP contribution is 2.43. The van der Waals surface area contributed by atoms with Gasteiger partial charge in [0.15, 0.2) is 5.82 Å². The van der Waals surface area contributed by atoms with E-state index in [1.807, 2.05) is 0 Å². The first kappa shape index (κ1) is 32.7. The summed E-state index contributed by atoms with van der Waals surface area (Å²) in [7, 11) is 0. The molecular weight excluding hydrogens is 655 g/mol. The van der Waals surface area contributed by atoms with Crippen molar-refractivity contribution in [3.05, 3.63) is 213 Å². The summed E-state index contributed by atoms with van der Waals surface area (Å²) < 4.78 is 0. The van der Waals surface area contributed by atoms with Gasteiger partial charge in [0.25, 0.3) is 0 Å². The van der Waals surface area contributed by atoms with Gasteiger partial charge in [0.2, 0.25) is 0 Å². The summed E-state index contributed by atoms with van der Waals surface area (Å²) in [5, 5.41) is 0. The van der Waals surface area contributed by atoms with Gasteiger partial charge >= 0.3 is 0 Å². The third-order valence-electron chi connectivity index (χ3n) is 9.90. The quantitative estimate of drug-likeness (QED) is 0.159. The van der Waals surface area contributed by atoms with Gasteiger partial charge in [-0.15, -0.1) is 0 Å². The Morgan fingerprint density at radius 3 is 1.02 bits per heavy atom. The molecule has 0 saturated heterocycles. The molecule has 0 aliphatic heterocycles. The van der Waals surface area contributed by atoms with E-state index in [1.54, 1.807) is 12.7 Å². The van der Waals surface area contributed by atoms with Crippen LogP contribution in [0.5, 0.6) is 0 Å². The molecule has 0 amide bonds. The number of hydrogen-bond acceptors (Lipinski definition) is 3. The van der Waals surface area contributed by atoms with Gasteiger partial charge in [-0.2, -0.15) is 0 Å². The summed E-state index contributed by atoms with van der Waals surface area (Å²) in [6.45, 7) is 0. The molecule has 3 nitrogen and oxygen atoms in total. The first-order valence-electron chi connectivity index (χ1n) is 18.2. The second-order valence-corrected chi connectivity index (χ2v) is 13.3. The van der Waals surface area contributed by atoms with Gasteiger partial charge in [0.05, 0.1) is 0 Å². The van der Waals surface area contributed by atoms with E-state index in [0.717, 1.165) is 50.1 Å². The lowest BCUT2D eigenvalue weighted by atomic mass is 9.85. The van der Waals surface area contributed by atoms with Crippen LogP contribution < -0.4 is 0 Å². The Balaban J connectivity index is 1.29. The number of rotatable bonds is 8. The van der Waals surface area contributed by atoms with Crippen molar-refractivity contribution in [1.29, 1.82) is 0 Å². The Hall–Kier alpha value is -7.23. The van der Waals surface area contributed by atoms with Crippen LogP contribution in [0.2, 0.25) is 0 Å². The van der Waals surface area contributed by atoms with E-state index in [0.29, 0.717) is 5.82 Å². The molecule has 0 fully saturated rings. The molecule has 1 aromatic heterocycles. The molecule has 0 N–H and O–H groups in total. The van der Waals surface area contributed by atoms with Crippen LogP contribution in [-0.4, -0.2) is 15.0 Å². The standard InChI is InChI=1S/C51H35N3/c1-5-15-36(16-6-1)41-27-42(37-17-7-2-8-18-37)30-45(29-41)47-23-13-14-24-48(47)49-26-25-40(51-53-34-52-35-54-51)33-50(49)46-31-43(38-19-9-3-10-20-38)28-44(32-46)39-21-11-4-12-22-39/h1-35H. The maximum absolute atomic E-state index is 4.54. The summed E-state index contributed by atoms with van der Waals surface area (Å²) in [4.78, 5) is 13.2. The Bertz CT molecular complexity index is 2560. The number of nitrogens with zero attached hydrogens (tertiary/aromatic N) is 3. The molecule has 0 aliphatic carbocycles. The Labute approximate surface area is 316 Å². The monoisotopic (exact) mass is 689 g/mol. The average molecular weight is 690 g/mol. The molecule has 0 unspecified atom stereocenters. The second-order valence-electron chi connectivity index (χ2n) is 13.3. The average Bonchev–Trinajstić information content (AvgIpc) is 3.27. The lowest BCUT2D eigenvalue weighted by Crippen LogP contribution is -1.94. The van der Waals surface area contributed by atoms with Gasteiger partial charge in [-0.05, 0) is 120 Å². The molecule has 0 atom stereocenters. The number of hydrogen-bond donors (Lipinski definition) is 0. The number of aromatic nitrogens is 3. The van der Waals surface area contributed by atoms with Crippen molar-refractivity contribution in [1.82, 2.24) is 15.0 Å². The van der Waals surface area contributed by atoms with E-state index < -0.39 is 0 Å². The largest absolute Gasteiger partial charge is 0.225 e. The Morgan fingerprint density at radius 1 is 0.222 bits per heavy atom. The van der Waals surface area contributed by atoms with Gasteiger partial charge in [-0.25, -0.2) is 15.0 Å². The van der Waals surface area contributed by atoms with Crippen molar-refractivity contribution in [2.75, 3.05) is 0 Å². The second kappa shape index (κ2) is 14.8. The van der Waals surface area contributed by atoms with Crippen LogP contribution in [0.3, 0.4) is 0 Å². The van der Waals surface area contributed by atoms with Crippen molar-refractivity contribution < 1.29 is 0 Å². The minimum atomic E-state index is 0.636. The fraction of sp³-hybridized carbons (Fsp3) is 0. The van der Waals surface area contributed by atoms with E-state index in [2.05, 4.69) is 215 Å². The molecule has 0 spiro atoms. The topological polar surface area (TPSA) is 38.7 Å². The Morgan fingerprint density at radius 2 is 0.574 bits per heavy atom. The molecule has 0 saturated carbocycles. The van der Waals surface area contributed by atoms with Gasteiger partial charge in [0.1, 0.15) is 12.7 Å². The highest BCUT2D eigenvalue weighted by molar-refractivity contribution is 5.96. The van der Waals surface area contributed by atoms with Crippen molar-refractivity contribution in [3.63, 3.8) is 0 Å². The van der Waals surface area contributed by atoms with Crippen LogP contribution in [0, 0.1) is 0 Å². The minimum Gasteiger partial charge on any atom is -0.225 e. The first-order valence-corrected chi connectivity index (χ1v) is 18.2. The molecule has 0 radical (unpaired) electrons. The van der Waals surface area contributed by atoms with Crippen molar-refractivity contribution in [3.8, 4) is 89.3 Å². The predicted octanol–water partition coefficient (Wildman–Crippen LogP) is 13.2. The van der Waals surface area contributed by atoms with E-state index in [4.69, 9.17) is 0 Å². The van der Waals surface area contributed by atoms with E-state index in [9.17, 15) is 0 Å². The van der Waals surface area contributed by atoms with E-state index in [1.165, 1.54) is 33.4 Å². The Kier molecular flexibility index (Phi) is 8.94. The zero-order valence-electron chi connectivity index (χ0n) is 29.5. The molecule has 3 heteroatoms. The summed E-state index contributed by atoms with van der Waals surface area (Å²) >= 11 is 0. The fourth-order valence-electron chi connectivity index (χ4n) is 7.27. The fourth-order valence-corrected chi connectivity index (χ4v) is 7.27. The lowest BCUT2D eigenvalue weighted by molar-refractivity contribution is 1.06. The molecule has 9 rings (SSSR count). The molecule has 0 bridgehead atoms. The predicted molar refractivity (Wildman–Crippen MR) is 223 cm³/mol. The third kappa shape index (κ3) is 6.74. The van der Waals surface area contributed by atoms with Gasteiger partial charge in [-0.1, -0.05) is 158 Å². The summed E-state index contributed by atoms with van der Waals surface area (Å²) in [6.07, 6.45) is 3.11. The van der Waals surface area contributed by atoms with Crippen LogP contribution >= 0.6 is 0 Å². The zero-order chi connectivity index (χ0) is 36.1. The van der Waals surface area contributed by atoms with Crippen molar-refractivity contribution in [2.24, 2.45) is 0 Å². The van der Waals surface area contributed by atoms with E-state index >= 15 is 0 Å². The number of benzene rings is 8. The minimum absolute atomic E-state index is 0.636. The van der Waals surface area contributed by atoms with Crippen LogP contribution in [0.4, 0.5) is 0 Å². The molecule has 254 valence electrons. The molecule has 1 heterocycles. The molecular formula is C51H35N3. The first-order chi connectivity index (χ1) is 26.8. The van der Waals surface area contributed by atoms with Gasteiger partial charge in [-0.3, -0.25) is 0 Å². The van der Waals surface area contributed by atoms with Gasteiger partial charge < -0.3 is 0 Å². The zero-order valence-corrected chi connectivity index (χ0v) is 29.5. The normalized spacial score (nSPS) is 11.0. The summed E-state index contributed by atoms with van der Waals surface area (Å²) in [5.41, 5.74) is 17.1. The maximum atomic E-state index is 4.54. The van der Waals surface area contributed by atoms with Crippen molar-refractivity contribution >= 4 is 0 Å². The maximum Gasteiger partial charge on any atom is 0.162 e.